The van der Waals surface area contributed by atoms with Crippen LogP contribution in [-0.2, 0) is 14.3 Å². The van der Waals surface area contributed by atoms with Crippen LogP contribution < -0.4 is 9.47 Å². The van der Waals surface area contributed by atoms with E-state index in [4.69, 9.17) is 14.2 Å². The standard InChI is InChI=1S/C19H22N2O5S/c1-5-26-13-7-6-12(10-14(13)24-3)17-16(18(23)25-4)11(2)20-19-21(17)15(22)8-9-27-19/h6-7,10,17H,5,8-9H2,1-4H3/t17-/m1/s1. The van der Waals surface area contributed by atoms with Crippen molar-refractivity contribution in [1.82, 2.24) is 4.90 Å². The van der Waals surface area contributed by atoms with Crippen LogP contribution in [0.3, 0.4) is 0 Å². The number of rotatable bonds is 5. The van der Waals surface area contributed by atoms with Gasteiger partial charge in [0.25, 0.3) is 0 Å². The van der Waals surface area contributed by atoms with Gasteiger partial charge in [-0.1, -0.05) is 17.8 Å². The lowest BCUT2D eigenvalue weighted by molar-refractivity contribution is -0.137. The summed E-state index contributed by atoms with van der Waals surface area (Å²) in [6.07, 6.45) is 0.391. The summed E-state index contributed by atoms with van der Waals surface area (Å²) in [6, 6.07) is 4.80. The van der Waals surface area contributed by atoms with Crippen LogP contribution in [-0.4, -0.2) is 48.5 Å². The molecule has 144 valence electrons. The fourth-order valence-corrected chi connectivity index (χ4v) is 4.22. The van der Waals surface area contributed by atoms with Gasteiger partial charge in [-0.2, -0.15) is 0 Å². The van der Waals surface area contributed by atoms with Crippen LogP contribution in [0, 0.1) is 0 Å². The average Bonchev–Trinajstić information content (AvgIpc) is 2.67. The monoisotopic (exact) mass is 390 g/mol. The Balaban J connectivity index is 2.15. The van der Waals surface area contributed by atoms with Gasteiger partial charge < -0.3 is 14.2 Å². The zero-order chi connectivity index (χ0) is 19.6. The Morgan fingerprint density at radius 2 is 2.11 bits per heavy atom. The smallest absolute Gasteiger partial charge is 0.338 e. The second-order valence-corrected chi connectivity index (χ2v) is 7.06. The maximum atomic E-state index is 12.7. The Labute approximate surface area is 162 Å². The number of fused-ring (bicyclic) bond motifs is 1. The minimum atomic E-state index is -0.616. The normalized spacial score (nSPS) is 19.4. The van der Waals surface area contributed by atoms with E-state index in [-0.39, 0.29) is 5.91 Å². The first kappa shape index (κ1) is 19.3. The highest BCUT2D eigenvalue weighted by molar-refractivity contribution is 8.14. The van der Waals surface area contributed by atoms with E-state index in [2.05, 4.69) is 4.99 Å². The quantitative estimate of drug-likeness (QED) is 0.720. The van der Waals surface area contributed by atoms with Gasteiger partial charge in [0.15, 0.2) is 16.7 Å². The summed E-state index contributed by atoms with van der Waals surface area (Å²) in [5.41, 5.74) is 1.63. The number of hydrogen-bond donors (Lipinski definition) is 0. The molecule has 3 rings (SSSR count). The molecule has 0 radical (unpaired) electrons. The lowest BCUT2D eigenvalue weighted by atomic mass is 9.94. The van der Waals surface area contributed by atoms with Crippen LogP contribution in [0.5, 0.6) is 11.5 Å². The first-order valence-corrected chi connectivity index (χ1v) is 9.63. The first-order valence-electron chi connectivity index (χ1n) is 8.65. The molecule has 0 spiro atoms. The second kappa shape index (κ2) is 8.04. The van der Waals surface area contributed by atoms with Crippen LogP contribution >= 0.6 is 11.8 Å². The number of carbonyl (C=O) groups excluding carboxylic acids is 2. The number of benzene rings is 1. The predicted octanol–water partition coefficient (Wildman–Crippen LogP) is 2.92. The van der Waals surface area contributed by atoms with Gasteiger partial charge in [0.05, 0.1) is 38.1 Å². The molecule has 0 bridgehead atoms. The molecule has 1 amide bonds. The molecule has 8 heteroatoms. The molecule has 0 saturated carbocycles. The van der Waals surface area contributed by atoms with E-state index in [1.807, 2.05) is 13.0 Å². The van der Waals surface area contributed by atoms with Crippen LogP contribution in [0.25, 0.3) is 0 Å². The number of hydrogen-bond acceptors (Lipinski definition) is 7. The van der Waals surface area contributed by atoms with Crippen molar-refractivity contribution in [3.63, 3.8) is 0 Å². The van der Waals surface area contributed by atoms with Crippen molar-refractivity contribution >= 4 is 28.8 Å². The Hall–Kier alpha value is -2.48. The van der Waals surface area contributed by atoms with E-state index in [1.165, 1.54) is 18.9 Å². The topological polar surface area (TPSA) is 77.4 Å². The number of amides is 1. The van der Waals surface area contributed by atoms with Crippen LogP contribution in [0.4, 0.5) is 0 Å². The summed E-state index contributed by atoms with van der Waals surface area (Å²) in [5, 5.41) is 0.606. The van der Waals surface area contributed by atoms with E-state index in [0.717, 1.165) is 5.56 Å². The van der Waals surface area contributed by atoms with Gasteiger partial charge >= 0.3 is 5.97 Å². The lowest BCUT2D eigenvalue weighted by Crippen LogP contribution is -2.45. The largest absolute Gasteiger partial charge is 0.493 e. The number of ether oxygens (including phenoxy) is 3. The maximum Gasteiger partial charge on any atom is 0.338 e. The summed E-state index contributed by atoms with van der Waals surface area (Å²) in [6.45, 7) is 4.15. The van der Waals surface area contributed by atoms with E-state index in [9.17, 15) is 9.59 Å². The number of esters is 1. The number of aliphatic imine (C=N–C) groups is 1. The highest BCUT2D eigenvalue weighted by atomic mass is 32.2. The van der Waals surface area contributed by atoms with Crippen molar-refractivity contribution in [2.75, 3.05) is 26.6 Å². The van der Waals surface area contributed by atoms with Gasteiger partial charge in [-0.15, -0.1) is 0 Å². The van der Waals surface area contributed by atoms with Crippen LogP contribution in [0.2, 0.25) is 0 Å². The zero-order valence-corrected chi connectivity index (χ0v) is 16.6. The molecule has 0 unspecified atom stereocenters. The number of thioether (sulfide) groups is 1. The van der Waals surface area contributed by atoms with Gasteiger partial charge in [0.2, 0.25) is 5.91 Å². The summed E-state index contributed by atoms with van der Waals surface area (Å²) >= 11 is 1.51. The third-order valence-electron chi connectivity index (χ3n) is 4.42. The summed E-state index contributed by atoms with van der Waals surface area (Å²) in [4.78, 5) is 31.3. The molecule has 1 aromatic carbocycles. The molecule has 0 N–H and O–H groups in total. The van der Waals surface area contributed by atoms with E-state index < -0.39 is 12.0 Å². The molecule has 27 heavy (non-hydrogen) atoms. The zero-order valence-electron chi connectivity index (χ0n) is 15.8. The molecule has 1 aromatic rings. The fraction of sp³-hybridized carbons (Fsp3) is 0.421. The average molecular weight is 390 g/mol. The minimum absolute atomic E-state index is 0.0701. The Morgan fingerprint density at radius 1 is 1.33 bits per heavy atom. The molecule has 2 aliphatic heterocycles. The van der Waals surface area contributed by atoms with Crippen molar-refractivity contribution in [1.29, 1.82) is 0 Å². The van der Waals surface area contributed by atoms with Crippen molar-refractivity contribution in [3.05, 3.63) is 35.0 Å². The van der Waals surface area contributed by atoms with E-state index >= 15 is 0 Å². The van der Waals surface area contributed by atoms with Gasteiger partial charge in [0.1, 0.15) is 0 Å². The Morgan fingerprint density at radius 3 is 2.78 bits per heavy atom. The van der Waals surface area contributed by atoms with Crippen LogP contribution in [0.15, 0.2) is 34.5 Å². The second-order valence-electron chi connectivity index (χ2n) is 5.99. The molecule has 1 atom stereocenters. The third-order valence-corrected chi connectivity index (χ3v) is 5.37. The lowest BCUT2D eigenvalue weighted by Gasteiger charge is -2.38. The van der Waals surface area contributed by atoms with Gasteiger partial charge in [-0.25, -0.2) is 9.79 Å². The van der Waals surface area contributed by atoms with Gasteiger partial charge in [-0.3, -0.25) is 9.69 Å². The number of methoxy groups -OCH3 is 2. The Kier molecular flexibility index (Phi) is 5.74. The van der Waals surface area contributed by atoms with E-state index in [0.29, 0.717) is 46.7 Å². The summed E-state index contributed by atoms with van der Waals surface area (Å²) < 4.78 is 16.0. The molecule has 7 nitrogen and oxygen atoms in total. The minimum Gasteiger partial charge on any atom is -0.493 e. The molecular weight excluding hydrogens is 368 g/mol. The maximum absolute atomic E-state index is 12.7. The molecule has 2 heterocycles. The Bertz CT molecular complexity index is 833. The predicted molar refractivity (Wildman–Crippen MR) is 103 cm³/mol. The molecule has 0 aromatic heterocycles. The van der Waals surface area contributed by atoms with Crippen molar-refractivity contribution < 1.29 is 23.8 Å². The van der Waals surface area contributed by atoms with Gasteiger partial charge in [0, 0.05) is 12.2 Å². The van der Waals surface area contributed by atoms with Crippen molar-refractivity contribution in [2.24, 2.45) is 4.99 Å². The SMILES string of the molecule is CCOc1ccc([C@@H]2C(C(=O)OC)=C(C)N=C3SCCC(=O)N32)cc1OC. The summed E-state index contributed by atoms with van der Waals surface area (Å²) in [5.74, 6) is 1.25. The number of nitrogens with zero attached hydrogens (tertiary/aromatic N) is 2. The van der Waals surface area contributed by atoms with Crippen LogP contribution in [0.1, 0.15) is 31.9 Å². The number of allylic oxidation sites excluding steroid dienone is 1. The van der Waals surface area contributed by atoms with E-state index in [1.54, 1.807) is 31.1 Å². The third kappa shape index (κ3) is 3.53. The fourth-order valence-electron chi connectivity index (χ4n) is 3.21. The molecule has 2 aliphatic rings. The van der Waals surface area contributed by atoms with Crippen molar-refractivity contribution in [2.45, 2.75) is 26.3 Å². The molecule has 0 aliphatic carbocycles. The summed E-state index contributed by atoms with van der Waals surface area (Å²) in [7, 11) is 2.88. The van der Waals surface area contributed by atoms with Crippen molar-refractivity contribution in [3.8, 4) is 11.5 Å². The number of carbonyl (C=O) groups is 2. The molecule has 1 fully saturated rings. The van der Waals surface area contributed by atoms with Gasteiger partial charge in [-0.05, 0) is 31.5 Å². The number of amidine groups is 1. The molecular formula is C19H22N2O5S. The highest BCUT2D eigenvalue weighted by Crippen LogP contribution is 2.42. The first-order chi connectivity index (χ1) is 13.0. The molecule has 1 saturated heterocycles. The highest BCUT2D eigenvalue weighted by Gasteiger charge is 2.41.